The fourth-order valence-corrected chi connectivity index (χ4v) is 3.02. The minimum absolute atomic E-state index is 0.840. The zero-order valence-corrected chi connectivity index (χ0v) is 12.0. The van der Waals surface area contributed by atoms with Gasteiger partial charge in [-0.1, -0.05) is 17.7 Å². The van der Waals surface area contributed by atoms with Crippen molar-refractivity contribution in [3.05, 3.63) is 35.0 Å². The predicted molar refractivity (Wildman–Crippen MR) is 78.7 cm³/mol. The van der Waals surface area contributed by atoms with Crippen molar-refractivity contribution in [3.8, 4) is 0 Å². The van der Waals surface area contributed by atoms with E-state index in [4.69, 9.17) is 16.3 Å². The van der Waals surface area contributed by atoms with E-state index in [0.717, 1.165) is 49.8 Å². The second-order valence-electron chi connectivity index (χ2n) is 4.94. The Bertz CT molecular complexity index is 573. The molecule has 0 aliphatic carbocycles. The van der Waals surface area contributed by atoms with E-state index in [9.17, 15) is 0 Å². The van der Waals surface area contributed by atoms with Crippen LogP contribution >= 0.6 is 11.6 Å². The molecule has 3 nitrogen and oxygen atoms in total. The molecule has 0 N–H and O–H groups in total. The second kappa shape index (κ2) is 5.53. The lowest BCUT2D eigenvalue weighted by atomic mass is 10.2. The number of rotatable bonds is 3. The fourth-order valence-electron chi connectivity index (χ4n) is 2.80. The Balaban J connectivity index is 1.95. The van der Waals surface area contributed by atoms with Gasteiger partial charge < -0.3 is 9.30 Å². The van der Waals surface area contributed by atoms with Gasteiger partial charge in [-0.3, -0.25) is 4.90 Å². The van der Waals surface area contributed by atoms with Gasteiger partial charge in [-0.25, -0.2) is 0 Å². The van der Waals surface area contributed by atoms with E-state index in [0.29, 0.717) is 0 Å². The zero-order chi connectivity index (χ0) is 13.2. The van der Waals surface area contributed by atoms with Crippen LogP contribution in [0.3, 0.4) is 0 Å². The van der Waals surface area contributed by atoms with Crippen LogP contribution in [0.5, 0.6) is 0 Å². The first-order valence-corrected chi connectivity index (χ1v) is 7.24. The summed E-state index contributed by atoms with van der Waals surface area (Å²) in [7, 11) is 0. The maximum absolute atomic E-state index is 6.30. The lowest BCUT2D eigenvalue weighted by Crippen LogP contribution is -2.36. The molecule has 0 atom stereocenters. The monoisotopic (exact) mass is 278 g/mol. The minimum Gasteiger partial charge on any atom is -0.379 e. The molecular weight excluding hydrogens is 260 g/mol. The van der Waals surface area contributed by atoms with Crippen molar-refractivity contribution in [2.75, 3.05) is 26.3 Å². The molecule has 1 aromatic carbocycles. The third kappa shape index (κ3) is 2.50. The number of aromatic nitrogens is 1. The van der Waals surface area contributed by atoms with Gasteiger partial charge in [0.05, 0.1) is 13.2 Å². The molecule has 4 heteroatoms. The summed E-state index contributed by atoms with van der Waals surface area (Å²) in [6.45, 7) is 7.84. The summed E-state index contributed by atoms with van der Waals surface area (Å²) in [6, 6.07) is 8.36. The summed E-state index contributed by atoms with van der Waals surface area (Å²) in [5.74, 6) is 0. The molecular formula is C15H19ClN2O. The Kier molecular flexibility index (Phi) is 3.78. The van der Waals surface area contributed by atoms with E-state index in [1.54, 1.807) is 0 Å². The van der Waals surface area contributed by atoms with Gasteiger partial charge in [0.15, 0.2) is 0 Å². The Morgan fingerprint density at radius 2 is 2.05 bits per heavy atom. The van der Waals surface area contributed by atoms with Gasteiger partial charge in [-0.2, -0.15) is 0 Å². The summed E-state index contributed by atoms with van der Waals surface area (Å²) >= 11 is 6.30. The average molecular weight is 279 g/mol. The molecule has 2 aromatic rings. The van der Waals surface area contributed by atoms with Crippen LogP contribution < -0.4 is 0 Å². The van der Waals surface area contributed by atoms with Gasteiger partial charge in [0.1, 0.15) is 0 Å². The van der Waals surface area contributed by atoms with E-state index < -0.39 is 0 Å². The Labute approximate surface area is 118 Å². The summed E-state index contributed by atoms with van der Waals surface area (Å²) in [5, 5.41) is 2.00. The van der Waals surface area contributed by atoms with Gasteiger partial charge >= 0.3 is 0 Å². The third-order valence-electron chi connectivity index (χ3n) is 3.78. The number of morpholine rings is 1. The summed E-state index contributed by atoms with van der Waals surface area (Å²) in [6.07, 6.45) is 0. The molecule has 1 saturated heterocycles. The first kappa shape index (κ1) is 13.0. The summed E-state index contributed by atoms with van der Waals surface area (Å²) < 4.78 is 7.76. The molecule has 1 aliphatic heterocycles. The van der Waals surface area contributed by atoms with E-state index in [-0.39, 0.29) is 0 Å². The second-order valence-corrected chi connectivity index (χ2v) is 5.35. The van der Waals surface area contributed by atoms with Crippen molar-refractivity contribution < 1.29 is 4.74 Å². The fraction of sp³-hybridized carbons (Fsp3) is 0.467. The number of hydrogen-bond acceptors (Lipinski definition) is 2. The van der Waals surface area contributed by atoms with Crippen LogP contribution in [-0.2, 0) is 17.8 Å². The van der Waals surface area contributed by atoms with Crippen molar-refractivity contribution >= 4 is 22.5 Å². The maximum atomic E-state index is 6.30. The molecule has 2 heterocycles. The lowest BCUT2D eigenvalue weighted by molar-refractivity contribution is 0.0332. The minimum atomic E-state index is 0.840. The molecule has 0 bridgehead atoms. The number of ether oxygens (including phenoxy) is 1. The smallest absolute Gasteiger partial charge is 0.0594 e. The van der Waals surface area contributed by atoms with Gasteiger partial charge in [0, 0.05) is 47.8 Å². The predicted octanol–water partition coefficient (Wildman–Crippen LogP) is 3.15. The van der Waals surface area contributed by atoms with Crippen molar-refractivity contribution in [1.82, 2.24) is 9.47 Å². The van der Waals surface area contributed by atoms with Crippen LogP contribution in [0.4, 0.5) is 0 Å². The molecule has 0 radical (unpaired) electrons. The zero-order valence-electron chi connectivity index (χ0n) is 11.2. The standard InChI is InChI=1S/C15H19ClN2O/c1-2-18-12(11-17-6-8-19-9-7-17)10-13-14(16)4-3-5-15(13)18/h3-5,10H,2,6-9,11H2,1H3. The van der Waals surface area contributed by atoms with Crippen molar-refractivity contribution in [2.24, 2.45) is 0 Å². The Morgan fingerprint density at radius 3 is 2.79 bits per heavy atom. The molecule has 0 unspecified atom stereocenters. The van der Waals surface area contributed by atoms with E-state index in [1.165, 1.54) is 11.2 Å². The van der Waals surface area contributed by atoms with Crippen LogP contribution in [0.15, 0.2) is 24.3 Å². The Morgan fingerprint density at radius 1 is 1.26 bits per heavy atom. The highest BCUT2D eigenvalue weighted by Gasteiger charge is 2.15. The Hall–Kier alpha value is -1.03. The number of halogens is 1. The van der Waals surface area contributed by atoms with Crippen LogP contribution in [0.2, 0.25) is 5.02 Å². The molecule has 1 fully saturated rings. The van der Waals surface area contributed by atoms with Crippen molar-refractivity contribution in [2.45, 2.75) is 20.0 Å². The van der Waals surface area contributed by atoms with Crippen molar-refractivity contribution in [3.63, 3.8) is 0 Å². The molecule has 19 heavy (non-hydrogen) atoms. The van der Waals surface area contributed by atoms with Gasteiger partial charge in [0.25, 0.3) is 0 Å². The molecule has 0 amide bonds. The summed E-state index contributed by atoms with van der Waals surface area (Å²) in [4.78, 5) is 2.44. The highest BCUT2D eigenvalue weighted by atomic mass is 35.5. The topological polar surface area (TPSA) is 17.4 Å². The SMILES string of the molecule is CCn1c(CN2CCOCC2)cc2c(Cl)cccc21. The van der Waals surface area contributed by atoms with E-state index in [1.807, 2.05) is 12.1 Å². The third-order valence-corrected chi connectivity index (χ3v) is 4.11. The molecule has 0 saturated carbocycles. The number of hydrogen-bond donors (Lipinski definition) is 0. The molecule has 1 aliphatic rings. The van der Waals surface area contributed by atoms with Gasteiger partial charge in [-0.05, 0) is 25.1 Å². The van der Waals surface area contributed by atoms with Crippen LogP contribution in [0, 0.1) is 0 Å². The molecule has 102 valence electrons. The van der Waals surface area contributed by atoms with Gasteiger partial charge in [0.2, 0.25) is 0 Å². The van der Waals surface area contributed by atoms with Crippen LogP contribution in [0.1, 0.15) is 12.6 Å². The number of nitrogens with zero attached hydrogens (tertiary/aromatic N) is 2. The van der Waals surface area contributed by atoms with Crippen molar-refractivity contribution in [1.29, 1.82) is 0 Å². The van der Waals surface area contributed by atoms with E-state index >= 15 is 0 Å². The van der Waals surface area contributed by atoms with E-state index in [2.05, 4.69) is 28.5 Å². The largest absolute Gasteiger partial charge is 0.379 e. The highest BCUT2D eigenvalue weighted by Crippen LogP contribution is 2.27. The molecule has 3 rings (SSSR count). The normalized spacial score (nSPS) is 17.2. The first-order chi connectivity index (χ1) is 9.29. The molecule has 0 spiro atoms. The first-order valence-electron chi connectivity index (χ1n) is 6.86. The van der Waals surface area contributed by atoms with Crippen LogP contribution in [0.25, 0.3) is 10.9 Å². The number of aryl methyl sites for hydroxylation is 1. The molecule has 1 aromatic heterocycles. The number of benzene rings is 1. The van der Waals surface area contributed by atoms with Gasteiger partial charge in [-0.15, -0.1) is 0 Å². The summed E-state index contributed by atoms with van der Waals surface area (Å²) in [5.41, 5.74) is 2.57. The lowest BCUT2D eigenvalue weighted by Gasteiger charge is -2.26. The average Bonchev–Trinajstić information content (AvgIpc) is 2.79. The highest BCUT2D eigenvalue weighted by molar-refractivity contribution is 6.35. The van der Waals surface area contributed by atoms with Crippen LogP contribution in [-0.4, -0.2) is 35.8 Å². The number of fused-ring (bicyclic) bond motifs is 1. The maximum Gasteiger partial charge on any atom is 0.0594 e. The quantitative estimate of drug-likeness (QED) is 0.858.